The molecule has 0 N–H and O–H groups in total. The summed E-state index contributed by atoms with van der Waals surface area (Å²) in [5, 5.41) is 0. The van der Waals surface area contributed by atoms with Crippen LogP contribution in [0.25, 0.3) is 4.96 Å². The lowest BCUT2D eigenvalue weighted by Crippen LogP contribution is -2.36. The van der Waals surface area contributed by atoms with Crippen LogP contribution >= 0.6 is 11.3 Å². The Hall–Kier alpha value is -1.44. The Bertz CT molecular complexity index is 858. The van der Waals surface area contributed by atoms with Crippen molar-refractivity contribution in [3.63, 3.8) is 0 Å². The summed E-state index contributed by atoms with van der Waals surface area (Å²) < 4.78 is 13.1. The van der Waals surface area contributed by atoms with Gasteiger partial charge >= 0.3 is 5.97 Å². The number of nitrogens with zero attached hydrogens (tertiary/aromatic N) is 3. The second-order valence-corrected chi connectivity index (χ2v) is 9.97. The minimum atomic E-state index is -0.307. The third-order valence-electron chi connectivity index (χ3n) is 6.08. The molecule has 0 amide bonds. The number of carbonyl (C=O) groups excluding carboxylic acids is 1. The largest absolute Gasteiger partial charge is 0.461 e. The van der Waals surface area contributed by atoms with Gasteiger partial charge in [-0.15, -0.1) is 11.3 Å². The van der Waals surface area contributed by atoms with E-state index in [1.165, 1.54) is 17.0 Å². The summed E-state index contributed by atoms with van der Waals surface area (Å²) in [6.07, 6.45) is 3.34. The molecular weight excluding hydrogens is 374 g/mol. The van der Waals surface area contributed by atoms with Gasteiger partial charge in [-0.2, -0.15) is 0 Å². The maximum atomic E-state index is 12.6. The van der Waals surface area contributed by atoms with Crippen molar-refractivity contribution in [2.75, 3.05) is 32.9 Å². The van der Waals surface area contributed by atoms with E-state index in [2.05, 4.69) is 30.1 Å². The number of carbonyl (C=O) groups is 1. The zero-order valence-corrected chi connectivity index (χ0v) is 18.2. The lowest BCUT2D eigenvalue weighted by atomic mass is 9.73. The fraction of sp³-hybridized carbons (Fsp3) is 0.714. The van der Waals surface area contributed by atoms with Crippen molar-refractivity contribution in [3.05, 3.63) is 22.0 Å². The maximum Gasteiger partial charge on any atom is 0.358 e. The minimum Gasteiger partial charge on any atom is -0.461 e. The van der Waals surface area contributed by atoms with Gasteiger partial charge in [-0.1, -0.05) is 20.8 Å². The molecule has 1 aliphatic carbocycles. The molecule has 0 saturated carbocycles. The number of fused-ring (bicyclic) bond motifs is 3. The third-order valence-corrected chi connectivity index (χ3v) is 7.19. The molecular formula is C21H31N3O3S. The molecule has 4 rings (SSSR count). The van der Waals surface area contributed by atoms with Crippen LogP contribution in [0.4, 0.5) is 0 Å². The number of esters is 1. The molecule has 154 valence electrons. The van der Waals surface area contributed by atoms with Gasteiger partial charge in [0.05, 0.1) is 25.5 Å². The number of rotatable bonds is 4. The SMILES string of the molecule is CCOC(=O)c1nc2sc3c(n2c1CN1CCOCC1)CCC(C(C)(C)C)C3. The van der Waals surface area contributed by atoms with Gasteiger partial charge in [0.25, 0.3) is 0 Å². The minimum absolute atomic E-state index is 0.307. The number of hydrogen-bond acceptors (Lipinski definition) is 6. The Kier molecular flexibility index (Phi) is 5.51. The summed E-state index contributed by atoms with van der Waals surface area (Å²) in [7, 11) is 0. The van der Waals surface area contributed by atoms with E-state index < -0.39 is 0 Å². The number of ether oxygens (including phenoxy) is 2. The fourth-order valence-corrected chi connectivity index (χ4v) is 5.60. The molecule has 3 heterocycles. The Morgan fingerprint density at radius 1 is 1.32 bits per heavy atom. The number of aryl methyl sites for hydroxylation is 1. The smallest absolute Gasteiger partial charge is 0.358 e. The first kappa shape index (κ1) is 19.9. The Labute approximate surface area is 170 Å². The Balaban J connectivity index is 1.73. The zero-order valence-electron chi connectivity index (χ0n) is 17.4. The van der Waals surface area contributed by atoms with E-state index in [-0.39, 0.29) is 5.97 Å². The standard InChI is InChI=1S/C21H31N3O3S/c1-5-27-19(25)18-16(13-23-8-10-26-11-9-23)24-15-7-6-14(21(2,3)4)12-17(15)28-20(24)22-18/h14H,5-13H2,1-4H3. The molecule has 2 aromatic rings. The van der Waals surface area contributed by atoms with Crippen molar-refractivity contribution >= 4 is 22.3 Å². The van der Waals surface area contributed by atoms with Crippen LogP contribution in [0.1, 0.15) is 60.9 Å². The van der Waals surface area contributed by atoms with E-state index in [0.29, 0.717) is 30.2 Å². The van der Waals surface area contributed by atoms with E-state index in [4.69, 9.17) is 14.5 Å². The molecule has 1 fully saturated rings. The van der Waals surface area contributed by atoms with Gasteiger partial charge in [0, 0.05) is 30.2 Å². The molecule has 1 unspecified atom stereocenters. The van der Waals surface area contributed by atoms with Gasteiger partial charge in [-0.05, 0) is 37.5 Å². The first-order valence-corrected chi connectivity index (χ1v) is 11.2. The highest BCUT2D eigenvalue weighted by Crippen LogP contribution is 2.41. The number of aromatic nitrogens is 2. The Morgan fingerprint density at radius 3 is 2.75 bits per heavy atom. The lowest BCUT2D eigenvalue weighted by Gasteiger charge is -2.33. The monoisotopic (exact) mass is 405 g/mol. The second kappa shape index (κ2) is 7.76. The molecule has 1 aliphatic heterocycles. The van der Waals surface area contributed by atoms with Crippen molar-refractivity contribution in [2.24, 2.45) is 11.3 Å². The maximum absolute atomic E-state index is 12.6. The van der Waals surface area contributed by atoms with Gasteiger partial charge in [0.1, 0.15) is 0 Å². The van der Waals surface area contributed by atoms with E-state index in [1.807, 2.05) is 6.92 Å². The molecule has 1 atom stereocenters. The summed E-state index contributed by atoms with van der Waals surface area (Å²) >= 11 is 1.75. The van der Waals surface area contributed by atoms with Gasteiger partial charge < -0.3 is 9.47 Å². The zero-order chi connectivity index (χ0) is 19.9. The summed E-state index contributed by atoms with van der Waals surface area (Å²) in [6, 6.07) is 0. The van der Waals surface area contributed by atoms with Crippen molar-refractivity contribution in [2.45, 2.75) is 53.5 Å². The fourth-order valence-electron chi connectivity index (χ4n) is 4.34. The van der Waals surface area contributed by atoms with E-state index in [9.17, 15) is 4.79 Å². The van der Waals surface area contributed by atoms with Gasteiger partial charge in [-0.3, -0.25) is 9.30 Å². The first-order chi connectivity index (χ1) is 13.4. The predicted octanol–water partition coefficient (Wildman–Crippen LogP) is 3.56. The average molecular weight is 406 g/mol. The molecule has 0 bridgehead atoms. The summed E-state index contributed by atoms with van der Waals surface area (Å²) in [5.41, 5.74) is 3.14. The Morgan fingerprint density at radius 2 is 2.07 bits per heavy atom. The van der Waals surface area contributed by atoms with Crippen LogP contribution < -0.4 is 0 Å². The number of morpholine rings is 1. The predicted molar refractivity (Wildman–Crippen MR) is 110 cm³/mol. The van der Waals surface area contributed by atoms with Gasteiger partial charge in [0.15, 0.2) is 10.7 Å². The number of hydrogen-bond donors (Lipinski definition) is 0. The highest BCUT2D eigenvalue weighted by molar-refractivity contribution is 7.17. The van der Waals surface area contributed by atoms with Crippen molar-refractivity contribution in [3.8, 4) is 0 Å². The molecule has 7 heteroatoms. The molecule has 6 nitrogen and oxygen atoms in total. The molecule has 0 spiro atoms. The van der Waals surface area contributed by atoms with Crippen molar-refractivity contribution in [1.82, 2.24) is 14.3 Å². The molecule has 1 saturated heterocycles. The first-order valence-electron chi connectivity index (χ1n) is 10.4. The van der Waals surface area contributed by atoms with Crippen LogP contribution in [-0.4, -0.2) is 53.2 Å². The van der Waals surface area contributed by atoms with E-state index in [0.717, 1.165) is 49.8 Å². The van der Waals surface area contributed by atoms with Crippen LogP contribution in [-0.2, 0) is 28.9 Å². The van der Waals surface area contributed by atoms with Crippen LogP contribution in [0, 0.1) is 11.3 Å². The molecule has 28 heavy (non-hydrogen) atoms. The highest BCUT2D eigenvalue weighted by Gasteiger charge is 2.33. The van der Waals surface area contributed by atoms with Gasteiger partial charge in [0.2, 0.25) is 0 Å². The van der Waals surface area contributed by atoms with E-state index >= 15 is 0 Å². The quantitative estimate of drug-likeness (QED) is 0.728. The summed E-state index contributed by atoms with van der Waals surface area (Å²) in [5.74, 6) is 0.384. The van der Waals surface area contributed by atoms with Crippen LogP contribution in [0.15, 0.2) is 0 Å². The average Bonchev–Trinajstić information content (AvgIpc) is 3.18. The summed E-state index contributed by atoms with van der Waals surface area (Å²) in [4.78, 5) is 22.0. The molecule has 0 aromatic carbocycles. The van der Waals surface area contributed by atoms with Crippen LogP contribution in [0.3, 0.4) is 0 Å². The van der Waals surface area contributed by atoms with Gasteiger partial charge in [-0.25, -0.2) is 9.78 Å². The highest BCUT2D eigenvalue weighted by atomic mass is 32.1. The number of imidazole rings is 1. The molecule has 2 aliphatic rings. The van der Waals surface area contributed by atoms with Crippen LogP contribution in [0.5, 0.6) is 0 Å². The van der Waals surface area contributed by atoms with Crippen molar-refractivity contribution < 1.29 is 14.3 Å². The third kappa shape index (κ3) is 3.72. The molecule has 0 radical (unpaired) electrons. The van der Waals surface area contributed by atoms with E-state index in [1.54, 1.807) is 11.3 Å². The topological polar surface area (TPSA) is 56.1 Å². The second-order valence-electron chi connectivity index (χ2n) is 8.91. The number of thiazole rings is 1. The normalized spacial score (nSPS) is 21.1. The van der Waals surface area contributed by atoms with Crippen molar-refractivity contribution in [1.29, 1.82) is 0 Å². The lowest BCUT2D eigenvalue weighted by molar-refractivity contribution is 0.0329. The summed E-state index contributed by atoms with van der Waals surface area (Å²) in [6.45, 7) is 13.2. The molecule has 2 aromatic heterocycles. The van der Waals surface area contributed by atoms with Crippen LogP contribution in [0.2, 0.25) is 0 Å².